The van der Waals surface area contributed by atoms with Gasteiger partial charge in [0.25, 0.3) is 0 Å². The Kier molecular flexibility index (Phi) is 3.68. The number of aliphatic imine (C=N–C) groups is 1. The van der Waals surface area contributed by atoms with Crippen molar-refractivity contribution in [3.63, 3.8) is 0 Å². The lowest BCUT2D eigenvalue weighted by Gasteiger charge is -2.31. The van der Waals surface area contributed by atoms with Crippen molar-refractivity contribution in [2.45, 2.75) is 39.7 Å². The van der Waals surface area contributed by atoms with Crippen molar-refractivity contribution >= 4 is 11.5 Å². The van der Waals surface area contributed by atoms with Crippen LogP contribution < -0.4 is 0 Å². The highest BCUT2D eigenvalue weighted by Gasteiger charge is 2.65. The van der Waals surface area contributed by atoms with E-state index >= 15 is 0 Å². The first-order valence-corrected chi connectivity index (χ1v) is 9.17. The van der Waals surface area contributed by atoms with Gasteiger partial charge >= 0.3 is 0 Å². The van der Waals surface area contributed by atoms with E-state index in [2.05, 4.69) is 45.0 Å². The number of Topliss-reactive ketones (excluding diaryl/α,β-unsaturated/α-hetero) is 1. The summed E-state index contributed by atoms with van der Waals surface area (Å²) in [5.41, 5.74) is 2.84. The van der Waals surface area contributed by atoms with Gasteiger partial charge in [0.1, 0.15) is 6.04 Å². The summed E-state index contributed by atoms with van der Waals surface area (Å²) in [6.45, 7) is 6.62. The van der Waals surface area contributed by atoms with Crippen LogP contribution in [0.4, 0.5) is 0 Å². The zero-order valence-corrected chi connectivity index (χ0v) is 15.2. The molecule has 0 heterocycles. The van der Waals surface area contributed by atoms with Crippen molar-refractivity contribution in [1.29, 1.82) is 0 Å². The second-order valence-electron chi connectivity index (χ2n) is 8.21. The third kappa shape index (κ3) is 2.31. The Bertz CT molecular complexity index is 782. The molecule has 2 atom stereocenters. The van der Waals surface area contributed by atoms with Crippen LogP contribution in [0.3, 0.4) is 0 Å². The van der Waals surface area contributed by atoms with Gasteiger partial charge in [0.05, 0.1) is 5.71 Å². The number of benzene rings is 2. The molecular formula is C23H25NO. The molecule has 0 aromatic heterocycles. The SMILES string of the molecule is CC1(C)[C@H]2CC[C@]1(C)C(=O)C2=NC(c1ccccc1)c1ccccc1. The van der Waals surface area contributed by atoms with Gasteiger partial charge < -0.3 is 0 Å². The molecule has 2 aliphatic rings. The van der Waals surface area contributed by atoms with Gasteiger partial charge in [0, 0.05) is 11.3 Å². The van der Waals surface area contributed by atoms with E-state index in [1.54, 1.807) is 0 Å². The summed E-state index contributed by atoms with van der Waals surface area (Å²) < 4.78 is 0. The fraction of sp³-hybridized carbons (Fsp3) is 0.391. The van der Waals surface area contributed by atoms with Gasteiger partial charge in [-0.25, -0.2) is 0 Å². The molecule has 0 amide bonds. The molecule has 0 saturated heterocycles. The van der Waals surface area contributed by atoms with E-state index in [0.29, 0.717) is 0 Å². The Morgan fingerprint density at radius 1 is 0.920 bits per heavy atom. The van der Waals surface area contributed by atoms with Crippen LogP contribution >= 0.6 is 0 Å². The van der Waals surface area contributed by atoms with E-state index in [1.165, 1.54) is 0 Å². The third-order valence-corrected chi connectivity index (χ3v) is 6.79. The molecule has 128 valence electrons. The molecular weight excluding hydrogens is 306 g/mol. The quantitative estimate of drug-likeness (QED) is 0.756. The molecule has 2 aliphatic carbocycles. The molecule has 25 heavy (non-hydrogen) atoms. The summed E-state index contributed by atoms with van der Waals surface area (Å²) in [7, 11) is 0. The predicted octanol–water partition coefficient (Wildman–Crippen LogP) is 5.24. The summed E-state index contributed by atoms with van der Waals surface area (Å²) >= 11 is 0. The topological polar surface area (TPSA) is 29.4 Å². The average Bonchev–Trinajstić information content (AvgIpc) is 2.94. The highest BCUT2D eigenvalue weighted by atomic mass is 16.1. The van der Waals surface area contributed by atoms with Crippen molar-refractivity contribution < 1.29 is 4.79 Å². The maximum atomic E-state index is 13.2. The van der Waals surface area contributed by atoms with Gasteiger partial charge in [0.15, 0.2) is 5.78 Å². The summed E-state index contributed by atoms with van der Waals surface area (Å²) in [5.74, 6) is 0.547. The van der Waals surface area contributed by atoms with Gasteiger partial charge in [-0.2, -0.15) is 0 Å². The van der Waals surface area contributed by atoms with Crippen molar-refractivity contribution in [1.82, 2.24) is 0 Å². The Hall–Kier alpha value is -2.22. The molecule has 2 nitrogen and oxygen atoms in total. The first kappa shape index (κ1) is 16.3. The lowest BCUT2D eigenvalue weighted by atomic mass is 9.70. The predicted molar refractivity (Wildman–Crippen MR) is 102 cm³/mol. The van der Waals surface area contributed by atoms with Crippen LogP contribution in [0.2, 0.25) is 0 Å². The first-order valence-electron chi connectivity index (χ1n) is 9.17. The maximum Gasteiger partial charge on any atom is 0.183 e. The molecule has 2 heteroatoms. The van der Waals surface area contributed by atoms with E-state index in [0.717, 1.165) is 29.7 Å². The highest BCUT2D eigenvalue weighted by Crippen LogP contribution is 2.62. The summed E-state index contributed by atoms with van der Waals surface area (Å²) in [6.07, 6.45) is 2.06. The highest BCUT2D eigenvalue weighted by molar-refractivity contribution is 6.45. The van der Waals surface area contributed by atoms with E-state index in [9.17, 15) is 4.79 Å². The molecule has 2 fully saturated rings. The number of carbonyl (C=O) groups excluding carboxylic acids is 1. The summed E-state index contributed by atoms with van der Waals surface area (Å²) in [5, 5.41) is 0. The second-order valence-corrected chi connectivity index (χ2v) is 8.21. The van der Waals surface area contributed by atoms with Crippen LogP contribution in [0, 0.1) is 16.7 Å². The Morgan fingerprint density at radius 2 is 1.44 bits per heavy atom. The number of fused-ring (bicyclic) bond motifs is 2. The van der Waals surface area contributed by atoms with Crippen LogP contribution in [-0.4, -0.2) is 11.5 Å². The van der Waals surface area contributed by atoms with Crippen molar-refractivity contribution in [2.24, 2.45) is 21.7 Å². The Morgan fingerprint density at radius 3 is 1.88 bits per heavy atom. The van der Waals surface area contributed by atoms with Crippen molar-refractivity contribution in [2.75, 3.05) is 0 Å². The lowest BCUT2D eigenvalue weighted by Crippen LogP contribution is -2.33. The molecule has 0 unspecified atom stereocenters. The van der Waals surface area contributed by atoms with E-state index < -0.39 is 0 Å². The Labute approximate surface area is 150 Å². The van der Waals surface area contributed by atoms with Crippen LogP contribution in [0.1, 0.15) is 50.8 Å². The number of rotatable bonds is 3. The van der Waals surface area contributed by atoms with Gasteiger partial charge in [-0.05, 0) is 29.4 Å². The maximum absolute atomic E-state index is 13.2. The Balaban J connectivity index is 1.83. The third-order valence-electron chi connectivity index (χ3n) is 6.79. The van der Waals surface area contributed by atoms with Gasteiger partial charge in [-0.15, -0.1) is 0 Å². The molecule has 0 spiro atoms. The normalized spacial score (nSPS) is 28.9. The molecule has 0 N–H and O–H groups in total. The largest absolute Gasteiger partial charge is 0.292 e. The molecule has 0 radical (unpaired) electrons. The first-order chi connectivity index (χ1) is 11.9. The fourth-order valence-corrected chi connectivity index (χ4v) is 4.73. The number of hydrogen-bond donors (Lipinski definition) is 0. The van der Waals surface area contributed by atoms with Crippen LogP contribution in [0.5, 0.6) is 0 Å². The second kappa shape index (κ2) is 5.66. The van der Waals surface area contributed by atoms with Gasteiger partial charge in [0.2, 0.25) is 0 Å². The molecule has 0 aliphatic heterocycles. The molecule has 4 rings (SSSR count). The average molecular weight is 331 g/mol. The van der Waals surface area contributed by atoms with E-state index in [-0.39, 0.29) is 28.6 Å². The summed E-state index contributed by atoms with van der Waals surface area (Å²) in [4.78, 5) is 18.3. The lowest BCUT2D eigenvalue weighted by molar-refractivity contribution is -0.123. The minimum atomic E-state index is -0.256. The fourth-order valence-electron chi connectivity index (χ4n) is 4.73. The number of nitrogens with zero attached hydrogens (tertiary/aromatic N) is 1. The molecule has 2 saturated carbocycles. The number of hydrogen-bond acceptors (Lipinski definition) is 2. The molecule has 2 aromatic rings. The zero-order chi connectivity index (χ0) is 17.7. The smallest absolute Gasteiger partial charge is 0.183 e. The minimum absolute atomic E-state index is 0.000836. The number of carbonyl (C=O) groups is 1. The van der Waals surface area contributed by atoms with Gasteiger partial charge in [-0.3, -0.25) is 9.79 Å². The van der Waals surface area contributed by atoms with Crippen molar-refractivity contribution in [3.8, 4) is 0 Å². The monoisotopic (exact) mass is 331 g/mol. The zero-order valence-electron chi connectivity index (χ0n) is 15.2. The van der Waals surface area contributed by atoms with E-state index in [4.69, 9.17) is 4.99 Å². The summed E-state index contributed by atoms with van der Waals surface area (Å²) in [6, 6.07) is 20.5. The van der Waals surface area contributed by atoms with Crippen LogP contribution in [0.25, 0.3) is 0 Å². The number of ketones is 1. The minimum Gasteiger partial charge on any atom is -0.292 e. The van der Waals surface area contributed by atoms with Crippen LogP contribution in [0.15, 0.2) is 65.7 Å². The van der Waals surface area contributed by atoms with Gasteiger partial charge in [-0.1, -0.05) is 81.4 Å². The molecule has 2 bridgehead atoms. The van der Waals surface area contributed by atoms with Crippen LogP contribution in [-0.2, 0) is 4.79 Å². The standard InChI is InChI=1S/C23H25NO/c1-22(2)18-14-15-23(22,3)21(25)20(18)24-19(16-10-6-4-7-11-16)17-12-8-5-9-13-17/h4-13,18-19H,14-15H2,1-3H3/t18-,23+/m0/s1. The van der Waals surface area contributed by atoms with E-state index in [1.807, 2.05) is 36.4 Å². The van der Waals surface area contributed by atoms with Crippen molar-refractivity contribution in [3.05, 3.63) is 71.8 Å². The molecule has 2 aromatic carbocycles.